The summed E-state index contributed by atoms with van der Waals surface area (Å²) in [4.78, 5) is 24.2. The molecule has 0 saturated heterocycles. The molecule has 0 amide bonds. The van der Waals surface area contributed by atoms with Gasteiger partial charge in [-0.2, -0.15) is 4.57 Å². The van der Waals surface area contributed by atoms with Crippen molar-refractivity contribution >= 4 is 11.8 Å². The number of methoxy groups -OCH3 is 2. The molecule has 0 bridgehead atoms. The van der Waals surface area contributed by atoms with Crippen LogP contribution in [0.25, 0.3) is 0 Å². The van der Waals surface area contributed by atoms with Gasteiger partial charge in [-0.15, -0.1) is 0 Å². The van der Waals surface area contributed by atoms with Crippen LogP contribution >= 0.6 is 0 Å². The van der Waals surface area contributed by atoms with E-state index in [-0.39, 0.29) is 29.3 Å². The van der Waals surface area contributed by atoms with Gasteiger partial charge in [-0.1, -0.05) is 0 Å². The highest BCUT2D eigenvalue weighted by molar-refractivity contribution is 5.95. The van der Waals surface area contributed by atoms with Gasteiger partial charge >= 0.3 is 5.97 Å². The summed E-state index contributed by atoms with van der Waals surface area (Å²) in [5.41, 5.74) is 0.904. The maximum Gasteiger partial charge on any atom is 0.344 e. The molecule has 25 heavy (non-hydrogen) atoms. The van der Waals surface area contributed by atoms with Crippen LogP contribution in [0.1, 0.15) is 27.6 Å². The quantitative estimate of drug-likeness (QED) is 0.335. The normalized spacial score (nSPS) is 9.72. The Morgan fingerprint density at radius 1 is 1.04 bits per heavy atom. The molecule has 0 unspecified atom stereocenters. The number of carbonyl (C=O) groups is 2. The molecule has 0 aliphatic carbocycles. The molecular weight excluding hydrogens is 390 g/mol. The number of halogens is 1. The minimum Gasteiger partial charge on any atom is -1.00 e. The smallest absolute Gasteiger partial charge is 0.344 e. The summed E-state index contributed by atoms with van der Waals surface area (Å²) in [7, 11) is 3.06. The van der Waals surface area contributed by atoms with Gasteiger partial charge in [0, 0.05) is 11.6 Å². The maximum absolute atomic E-state index is 12.5. The second-order valence-corrected chi connectivity index (χ2v) is 4.98. The molecule has 2 rings (SSSR count). The van der Waals surface area contributed by atoms with Gasteiger partial charge in [0.05, 0.1) is 20.8 Å². The van der Waals surface area contributed by atoms with Crippen molar-refractivity contribution in [2.24, 2.45) is 0 Å². The van der Waals surface area contributed by atoms with Gasteiger partial charge in [0.1, 0.15) is 5.56 Å². The van der Waals surface area contributed by atoms with Crippen LogP contribution in [0.5, 0.6) is 11.5 Å². The summed E-state index contributed by atoms with van der Waals surface area (Å²) in [6, 6.07) is 8.35. The number of benzene rings is 1. The summed E-state index contributed by atoms with van der Waals surface area (Å²) < 4.78 is 17.0. The zero-order valence-electron chi connectivity index (χ0n) is 14.3. The molecule has 0 aliphatic heterocycles. The standard InChI is InChI=1S/C18H20NO5.BrH/c1-4-24-18(21)14-6-5-9-19(11-14)12-15(20)13-7-8-16(22-2)17(10-13)23-3;/h5-11H,4,12H2,1-3H3;1H/q+1;/p-1. The van der Waals surface area contributed by atoms with Crippen molar-refractivity contribution in [2.75, 3.05) is 20.8 Å². The highest BCUT2D eigenvalue weighted by Crippen LogP contribution is 2.27. The Bertz CT molecular complexity index is 748. The lowest BCUT2D eigenvalue weighted by atomic mass is 10.1. The van der Waals surface area contributed by atoms with Crippen molar-refractivity contribution in [1.82, 2.24) is 0 Å². The first kappa shape index (κ1) is 20.6. The summed E-state index contributed by atoms with van der Waals surface area (Å²) in [5.74, 6) is 0.534. The van der Waals surface area contributed by atoms with Crippen LogP contribution in [0, 0.1) is 0 Å². The van der Waals surface area contributed by atoms with Gasteiger partial charge < -0.3 is 31.2 Å². The van der Waals surface area contributed by atoms with Crippen molar-refractivity contribution in [1.29, 1.82) is 0 Å². The van der Waals surface area contributed by atoms with E-state index in [2.05, 4.69) is 0 Å². The van der Waals surface area contributed by atoms with Crippen molar-refractivity contribution in [2.45, 2.75) is 13.5 Å². The number of hydrogen-bond acceptors (Lipinski definition) is 5. The van der Waals surface area contributed by atoms with Gasteiger partial charge in [-0.05, 0) is 31.2 Å². The van der Waals surface area contributed by atoms with Crippen LogP contribution in [-0.2, 0) is 11.3 Å². The summed E-state index contributed by atoms with van der Waals surface area (Å²) in [5, 5.41) is 0. The fourth-order valence-corrected chi connectivity index (χ4v) is 2.22. The molecule has 0 atom stereocenters. The first-order valence-electron chi connectivity index (χ1n) is 7.50. The number of ketones is 1. The van der Waals surface area contributed by atoms with Crippen LogP contribution in [0.4, 0.5) is 0 Å². The third kappa shape index (κ3) is 5.29. The Labute approximate surface area is 157 Å². The average molecular weight is 410 g/mol. The molecule has 7 heteroatoms. The maximum atomic E-state index is 12.5. The number of aromatic nitrogens is 1. The Balaban J connectivity index is 0.00000312. The zero-order chi connectivity index (χ0) is 17.5. The number of Topliss-reactive ketones (excluding diaryl/α,β-unsaturated/α-hetero) is 1. The van der Waals surface area contributed by atoms with Gasteiger partial charge in [0.2, 0.25) is 12.3 Å². The monoisotopic (exact) mass is 409 g/mol. The lowest BCUT2D eigenvalue weighted by Crippen LogP contribution is -3.00. The number of pyridine rings is 1. The molecule has 0 spiro atoms. The number of hydrogen-bond donors (Lipinski definition) is 0. The largest absolute Gasteiger partial charge is 1.00 e. The van der Waals surface area contributed by atoms with Gasteiger partial charge in [0.15, 0.2) is 23.9 Å². The minimum absolute atomic E-state index is 0. The SMILES string of the molecule is CCOC(=O)c1ccc[n+](CC(=O)c2ccc(OC)c(OC)c2)c1.[Br-]. The predicted octanol–water partition coefficient (Wildman–Crippen LogP) is -0.945. The van der Waals surface area contributed by atoms with E-state index in [0.29, 0.717) is 29.2 Å². The topological polar surface area (TPSA) is 65.7 Å². The first-order valence-corrected chi connectivity index (χ1v) is 7.50. The van der Waals surface area contributed by atoms with Gasteiger partial charge in [-0.25, -0.2) is 4.79 Å². The number of carbonyl (C=O) groups excluding carboxylic acids is 2. The second-order valence-electron chi connectivity index (χ2n) is 4.98. The van der Waals surface area contributed by atoms with Crippen molar-refractivity contribution in [3.8, 4) is 11.5 Å². The average Bonchev–Trinajstić information content (AvgIpc) is 2.61. The Kier molecular flexibility index (Phi) is 8.07. The Morgan fingerprint density at radius 3 is 2.40 bits per heavy atom. The highest BCUT2D eigenvalue weighted by Gasteiger charge is 2.17. The van der Waals surface area contributed by atoms with E-state index >= 15 is 0 Å². The summed E-state index contributed by atoms with van der Waals surface area (Å²) >= 11 is 0. The van der Waals surface area contributed by atoms with E-state index < -0.39 is 5.97 Å². The number of esters is 1. The zero-order valence-corrected chi connectivity index (χ0v) is 15.9. The third-order valence-electron chi connectivity index (χ3n) is 3.40. The van der Waals surface area contributed by atoms with E-state index in [1.54, 1.807) is 54.2 Å². The minimum atomic E-state index is -0.412. The lowest BCUT2D eigenvalue weighted by Gasteiger charge is -2.08. The Morgan fingerprint density at radius 2 is 1.76 bits per heavy atom. The second kappa shape index (κ2) is 9.78. The van der Waals surface area contributed by atoms with Gasteiger partial charge in [0.25, 0.3) is 0 Å². The lowest BCUT2D eigenvalue weighted by molar-refractivity contribution is -0.683. The molecule has 1 aromatic heterocycles. The third-order valence-corrected chi connectivity index (χ3v) is 3.40. The molecule has 0 aliphatic rings. The molecular formula is C18H20BrNO5. The number of nitrogens with zero attached hydrogens (tertiary/aromatic N) is 1. The molecule has 0 N–H and O–H groups in total. The fraction of sp³-hybridized carbons (Fsp3) is 0.278. The van der Waals surface area contributed by atoms with E-state index in [9.17, 15) is 9.59 Å². The molecule has 134 valence electrons. The van der Waals surface area contributed by atoms with Crippen LogP contribution < -0.4 is 31.0 Å². The van der Waals surface area contributed by atoms with Crippen LogP contribution in [0.15, 0.2) is 42.7 Å². The van der Waals surface area contributed by atoms with Crippen molar-refractivity contribution in [3.63, 3.8) is 0 Å². The number of ether oxygens (including phenoxy) is 3. The van der Waals surface area contributed by atoms with E-state index in [4.69, 9.17) is 14.2 Å². The molecule has 0 fully saturated rings. The summed E-state index contributed by atoms with van der Waals surface area (Å²) in [6.45, 7) is 2.15. The van der Waals surface area contributed by atoms with E-state index in [0.717, 1.165) is 0 Å². The molecule has 6 nitrogen and oxygen atoms in total. The molecule has 0 saturated carbocycles. The van der Waals surface area contributed by atoms with Gasteiger partial charge in [-0.3, -0.25) is 4.79 Å². The van der Waals surface area contributed by atoms with Crippen molar-refractivity contribution < 1.29 is 45.3 Å². The van der Waals surface area contributed by atoms with Crippen LogP contribution in [0.3, 0.4) is 0 Å². The highest BCUT2D eigenvalue weighted by atomic mass is 79.9. The number of rotatable bonds is 7. The molecule has 2 aromatic rings. The fourth-order valence-electron chi connectivity index (χ4n) is 2.22. The molecule has 1 heterocycles. The summed E-state index contributed by atoms with van der Waals surface area (Å²) in [6.07, 6.45) is 3.32. The van der Waals surface area contributed by atoms with E-state index in [1.165, 1.54) is 14.2 Å². The Hall–Kier alpha value is -2.41. The van der Waals surface area contributed by atoms with E-state index in [1.807, 2.05) is 0 Å². The van der Waals surface area contributed by atoms with Crippen molar-refractivity contribution in [3.05, 3.63) is 53.9 Å². The van der Waals surface area contributed by atoms with Crippen LogP contribution in [-0.4, -0.2) is 32.6 Å². The van der Waals surface area contributed by atoms with Crippen LogP contribution in [0.2, 0.25) is 0 Å². The molecule has 0 radical (unpaired) electrons. The predicted molar refractivity (Wildman–Crippen MR) is 86.5 cm³/mol. The molecule has 1 aromatic carbocycles. The first-order chi connectivity index (χ1) is 11.6.